The van der Waals surface area contributed by atoms with Crippen LogP contribution in [0.2, 0.25) is 0 Å². The molecule has 1 aromatic rings. The smallest absolute Gasteiger partial charge is 0.223 e. The zero-order valence-corrected chi connectivity index (χ0v) is 14.9. The Morgan fingerprint density at radius 3 is 2.61 bits per heavy atom. The quantitative estimate of drug-likeness (QED) is 0.885. The first-order valence-electron chi connectivity index (χ1n) is 8.75. The lowest BCUT2D eigenvalue weighted by Crippen LogP contribution is -2.44. The van der Waals surface area contributed by atoms with Crippen LogP contribution in [0.3, 0.4) is 0 Å². The zero-order valence-electron chi connectivity index (χ0n) is 14.1. The van der Waals surface area contributed by atoms with E-state index >= 15 is 0 Å². The largest absolute Gasteiger partial charge is 0.355 e. The van der Waals surface area contributed by atoms with Gasteiger partial charge in [-0.2, -0.15) is 0 Å². The molecule has 0 bridgehead atoms. The van der Waals surface area contributed by atoms with Crippen LogP contribution in [0.15, 0.2) is 24.3 Å². The van der Waals surface area contributed by atoms with Crippen LogP contribution >= 0.6 is 12.4 Å². The molecule has 0 atom stereocenters. The van der Waals surface area contributed by atoms with E-state index in [-0.39, 0.29) is 29.6 Å². The third-order valence-electron chi connectivity index (χ3n) is 5.50. The first-order valence-corrected chi connectivity index (χ1v) is 8.75. The van der Waals surface area contributed by atoms with Crippen LogP contribution in [0.1, 0.15) is 49.7 Å². The minimum absolute atomic E-state index is 0. The molecule has 0 aromatic heterocycles. The molecule has 2 aliphatic rings. The molecule has 23 heavy (non-hydrogen) atoms. The monoisotopic (exact) mass is 336 g/mol. The molecule has 1 aromatic carbocycles. The number of benzene rings is 1. The molecule has 3 rings (SSSR count). The van der Waals surface area contributed by atoms with Crippen molar-refractivity contribution in [3.8, 4) is 0 Å². The van der Waals surface area contributed by atoms with Crippen LogP contribution in [0.4, 0.5) is 0 Å². The average Bonchev–Trinajstić information content (AvgIpc) is 3.04. The number of halogens is 1. The lowest BCUT2D eigenvalue weighted by atomic mass is 9.78. The van der Waals surface area contributed by atoms with Gasteiger partial charge in [0.1, 0.15) is 0 Å². The van der Waals surface area contributed by atoms with Crippen molar-refractivity contribution < 1.29 is 4.79 Å². The SMILES string of the molecule is Cc1cccc(C2(CNC(=O)C3CCNCC3)CCCC2)c1.Cl. The predicted molar refractivity (Wildman–Crippen MR) is 97.2 cm³/mol. The fourth-order valence-electron chi connectivity index (χ4n) is 4.08. The molecule has 1 heterocycles. The Kier molecular flexibility index (Phi) is 6.49. The average molecular weight is 337 g/mol. The Balaban J connectivity index is 0.00000192. The van der Waals surface area contributed by atoms with E-state index in [1.165, 1.54) is 36.8 Å². The fourth-order valence-corrected chi connectivity index (χ4v) is 4.08. The highest BCUT2D eigenvalue weighted by atomic mass is 35.5. The minimum Gasteiger partial charge on any atom is -0.355 e. The summed E-state index contributed by atoms with van der Waals surface area (Å²) in [5, 5.41) is 6.61. The minimum atomic E-state index is 0. The van der Waals surface area contributed by atoms with E-state index in [4.69, 9.17) is 0 Å². The molecule has 128 valence electrons. The second kappa shape index (κ2) is 8.16. The highest BCUT2D eigenvalue weighted by Crippen LogP contribution is 2.40. The van der Waals surface area contributed by atoms with Crippen LogP contribution in [0, 0.1) is 12.8 Å². The van der Waals surface area contributed by atoms with Gasteiger partial charge in [-0.15, -0.1) is 12.4 Å². The van der Waals surface area contributed by atoms with Crippen LogP contribution in [0.5, 0.6) is 0 Å². The van der Waals surface area contributed by atoms with Crippen molar-refractivity contribution in [2.24, 2.45) is 5.92 Å². The molecule has 0 unspecified atom stereocenters. The van der Waals surface area contributed by atoms with Crippen molar-refractivity contribution in [1.82, 2.24) is 10.6 Å². The van der Waals surface area contributed by atoms with Crippen LogP contribution in [-0.4, -0.2) is 25.5 Å². The molecular formula is C19H29ClN2O. The molecule has 4 heteroatoms. The Morgan fingerprint density at radius 1 is 1.26 bits per heavy atom. The van der Waals surface area contributed by atoms with Crippen molar-refractivity contribution in [3.05, 3.63) is 35.4 Å². The second-order valence-electron chi connectivity index (χ2n) is 7.10. The topological polar surface area (TPSA) is 41.1 Å². The van der Waals surface area contributed by atoms with Crippen molar-refractivity contribution in [2.75, 3.05) is 19.6 Å². The zero-order chi connectivity index (χ0) is 15.4. The van der Waals surface area contributed by atoms with Crippen molar-refractivity contribution >= 4 is 18.3 Å². The highest BCUT2D eigenvalue weighted by molar-refractivity contribution is 5.85. The summed E-state index contributed by atoms with van der Waals surface area (Å²) in [6.45, 7) is 4.90. The highest BCUT2D eigenvalue weighted by Gasteiger charge is 2.36. The van der Waals surface area contributed by atoms with Gasteiger partial charge in [0.15, 0.2) is 0 Å². The fraction of sp³-hybridized carbons (Fsp3) is 0.632. The van der Waals surface area contributed by atoms with Crippen molar-refractivity contribution in [3.63, 3.8) is 0 Å². The number of rotatable bonds is 4. The molecule has 2 N–H and O–H groups in total. The summed E-state index contributed by atoms with van der Waals surface area (Å²) < 4.78 is 0. The van der Waals surface area contributed by atoms with Crippen LogP contribution in [0.25, 0.3) is 0 Å². The van der Waals surface area contributed by atoms with Gasteiger partial charge in [-0.3, -0.25) is 4.79 Å². The number of hydrogen-bond donors (Lipinski definition) is 2. The first-order chi connectivity index (χ1) is 10.7. The Morgan fingerprint density at radius 2 is 1.96 bits per heavy atom. The van der Waals surface area contributed by atoms with Crippen LogP contribution in [-0.2, 0) is 10.2 Å². The Bertz CT molecular complexity index is 520. The van der Waals surface area contributed by atoms with E-state index in [1.807, 2.05) is 0 Å². The van der Waals surface area contributed by atoms with Gasteiger partial charge in [0, 0.05) is 17.9 Å². The number of carbonyl (C=O) groups excluding carboxylic acids is 1. The summed E-state index contributed by atoms with van der Waals surface area (Å²) in [6, 6.07) is 8.86. The molecule has 1 saturated heterocycles. The molecule has 1 amide bonds. The van der Waals surface area contributed by atoms with E-state index < -0.39 is 0 Å². The summed E-state index contributed by atoms with van der Waals surface area (Å²) >= 11 is 0. The molecule has 0 spiro atoms. The number of piperidine rings is 1. The summed E-state index contributed by atoms with van der Waals surface area (Å²) in [4.78, 5) is 12.5. The maximum atomic E-state index is 12.5. The summed E-state index contributed by atoms with van der Waals surface area (Å²) in [7, 11) is 0. The number of amides is 1. The van der Waals surface area contributed by atoms with E-state index in [0.29, 0.717) is 0 Å². The number of hydrogen-bond acceptors (Lipinski definition) is 2. The molecule has 0 radical (unpaired) electrons. The Hall–Kier alpha value is -1.06. The van der Waals surface area contributed by atoms with Crippen molar-refractivity contribution in [2.45, 2.75) is 50.9 Å². The number of aryl methyl sites for hydroxylation is 1. The third kappa shape index (κ3) is 4.27. The standard InChI is InChI=1S/C19H28N2O.ClH/c1-15-5-4-6-17(13-15)19(9-2-3-10-19)14-21-18(22)16-7-11-20-12-8-16;/h4-6,13,16,20H,2-3,7-12,14H2,1H3,(H,21,22);1H. The summed E-state index contributed by atoms with van der Waals surface area (Å²) in [5.74, 6) is 0.470. The van der Waals surface area contributed by atoms with E-state index in [9.17, 15) is 4.79 Å². The van der Waals surface area contributed by atoms with Gasteiger partial charge < -0.3 is 10.6 Å². The molecular weight excluding hydrogens is 308 g/mol. The number of nitrogens with one attached hydrogen (secondary N) is 2. The lowest BCUT2D eigenvalue weighted by molar-refractivity contribution is -0.126. The van der Waals surface area contributed by atoms with E-state index in [2.05, 4.69) is 41.8 Å². The van der Waals surface area contributed by atoms with Crippen molar-refractivity contribution in [1.29, 1.82) is 0 Å². The molecule has 1 saturated carbocycles. The Labute approximate surface area is 146 Å². The van der Waals surface area contributed by atoms with E-state index in [1.54, 1.807) is 0 Å². The molecule has 1 aliphatic carbocycles. The van der Waals surface area contributed by atoms with Gasteiger partial charge in [0.25, 0.3) is 0 Å². The first kappa shape index (κ1) is 18.3. The van der Waals surface area contributed by atoms with E-state index in [0.717, 1.165) is 32.5 Å². The molecule has 1 aliphatic heterocycles. The number of carbonyl (C=O) groups is 1. The molecule has 2 fully saturated rings. The lowest BCUT2D eigenvalue weighted by Gasteiger charge is -2.31. The maximum Gasteiger partial charge on any atom is 0.223 e. The normalized spacial score (nSPS) is 20.7. The maximum absolute atomic E-state index is 12.5. The van der Waals surface area contributed by atoms with Gasteiger partial charge in [-0.1, -0.05) is 42.7 Å². The summed E-state index contributed by atoms with van der Waals surface area (Å²) in [5.41, 5.74) is 2.89. The summed E-state index contributed by atoms with van der Waals surface area (Å²) in [6.07, 6.45) is 6.90. The van der Waals surface area contributed by atoms with Gasteiger partial charge in [-0.25, -0.2) is 0 Å². The third-order valence-corrected chi connectivity index (χ3v) is 5.50. The molecule has 3 nitrogen and oxygen atoms in total. The van der Waals surface area contributed by atoms with Gasteiger partial charge in [-0.05, 0) is 51.3 Å². The van der Waals surface area contributed by atoms with Gasteiger partial charge in [0.05, 0.1) is 0 Å². The predicted octanol–water partition coefficient (Wildman–Crippen LogP) is 3.34. The van der Waals surface area contributed by atoms with Crippen LogP contribution < -0.4 is 10.6 Å². The second-order valence-corrected chi connectivity index (χ2v) is 7.10. The van der Waals surface area contributed by atoms with Gasteiger partial charge in [0.2, 0.25) is 5.91 Å². The van der Waals surface area contributed by atoms with Gasteiger partial charge >= 0.3 is 0 Å².